The van der Waals surface area contributed by atoms with Crippen molar-refractivity contribution in [3.63, 3.8) is 0 Å². The van der Waals surface area contributed by atoms with Crippen molar-refractivity contribution in [2.24, 2.45) is 0 Å². The number of carbonyl (C=O) groups excluding carboxylic acids is 2. The zero-order valence-electron chi connectivity index (χ0n) is 14.4. The maximum absolute atomic E-state index is 12.0. The van der Waals surface area contributed by atoms with Gasteiger partial charge in [-0.15, -0.1) is 0 Å². The van der Waals surface area contributed by atoms with Gasteiger partial charge < -0.3 is 14.8 Å². The smallest absolute Gasteiger partial charge is 0.310 e. The van der Waals surface area contributed by atoms with Gasteiger partial charge in [-0.1, -0.05) is 47.5 Å². The summed E-state index contributed by atoms with van der Waals surface area (Å²) in [4.78, 5) is 23.9. The topological polar surface area (TPSA) is 64.6 Å². The predicted molar refractivity (Wildman–Crippen MR) is 101 cm³/mol. The molecule has 2 rings (SSSR count). The van der Waals surface area contributed by atoms with Crippen LogP contribution in [0.15, 0.2) is 42.5 Å². The summed E-state index contributed by atoms with van der Waals surface area (Å²) in [7, 11) is 1.57. The zero-order chi connectivity index (χ0) is 19.1. The molecule has 1 N–H and O–H groups in total. The molecule has 0 bridgehead atoms. The van der Waals surface area contributed by atoms with Gasteiger partial charge in [0.2, 0.25) is 0 Å². The van der Waals surface area contributed by atoms with Crippen molar-refractivity contribution in [3.8, 4) is 5.75 Å². The maximum atomic E-state index is 12.0. The number of rotatable bonds is 7. The van der Waals surface area contributed by atoms with Crippen molar-refractivity contribution in [2.45, 2.75) is 19.4 Å². The van der Waals surface area contributed by atoms with Gasteiger partial charge >= 0.3 is 5.97 Å². The number of hydrogen-bond acceptors (Lipinski definition) is 4. The Kier molecular flexibility index (Phi) is 7.30. The molecule has 138 valence electrons. The summed E-state index contributed by atoms with van der Waals surface area (Å²) in [6, 6.07) is 11.9. The molecule has 26 heavy (non-hydrogen) atoms. The minimum atomic E-state index is -0.547. The van der Waals surface area contributed by atoms with E-state index in [1.54, 1.807) is 25.3 Å². The number of para-hydroxylation sites is 1. The van der Waals surface area contributed by atoms with Crippen molar-refractivity contribution in [1.29, 1.82) is 0 Å². The molecule has 2 aromatic carbocycles. The van der Waals surface area contributed by atoms with Crippen LogP contribution in [0.5, 0.6) is 5.75 Å². The Balaban J connectivity index is 1.85. The fraction of sp³-hybridized carbons (Fsp3) is 0.263. The third-order valence-electron chi connectivity index (χ3n) is 3.70. The number of benzene rings is 2. The zero-order valence-corrected chi connectivity index (χ0v) is 15.9. The van der Waals surface area contributed by atoms with Gasteiger partial charge in [-0.25, -0.2) is 0 Å². The summed E-state index contributed by atoms with van der Waals surface area (Å²) in [5.74, 6) is -0.275. The molecule has 0 saturated heterocycles. The van der Waals surface area contributed by atoms with Gasteiger partial charge in [0, 0.05) is 15.6 Å². The number of carbonyl (C=O) groups is 2. The van der Waals surface area contributed by atoms with Crippen molar-refractivity contribution in [1.82, 2.24) is 5.32 Å². The summed E-state index contributed by atoms with van der Waals surface area (Å²) in [5.41, 5.74) is 1.42. The first-order valence-electron chi connectivity index (χ1n) is 7.92. The molecule has 2 aromatic rings. The van der Waals surface area contributed by atoms with E-state index in [4.69, 9.17) is 32.7 Å². The van der Waals surface area contributed by atoms with Gasteiger partial charge in [0.15, 0.2) is 6.61 Å². The number of hydrogen-bond donors (Lipinski definition) is 1. The fourth-order valence-corrected chi connectivity index (χ4v) is 2.88. The number of nitrogens with one attached hydrogen (secondary N) is 1. The molecule has 0 spiro atoms. The second kappa shape index (κ2) is 9.46. The Labute approximate surface area is 162 Å². The standard InChI is InChI=1S/C19H19Cl2NO4/c1-12(15-5-3-4-6-17(15)25-2)22-18(23)11-26-19(24)9-13-7-8-14(20)10-16(13)21/h3-8,10,12H,9,11H2,1-2H3,(H,22,23). The van der Waals surface area contributed by atoms with Crippen LogP contribution >= 0.6 is 23.2 Å². The molecule has 5 nitrogen and oxygen atoms in total. The highest BCUT2D eigenvalue weighted by Crippen LogP contribution is 2.24. The van der Waals surface area contributed by atoms with E-state index in [0.29, 0.717) is 21.4 Å². The Morgan fingerprint density at radius 3 is 2.58 bits per heavy atom. The number of halogens is 2. The molecule has 0 aliphatic rings. The fourth-order valence-electron chi connectivity index (χ4n) is 2.40. The molecule has 0 aliphatic carbocycles. The van der Waals surface area contributed by atoms with E-state index < -0.39 is 11.9 Å². The Morgan fingerprint density at radius 1 is 1.15 bits per heavy atom. The lowest BCUT2D eigenvalue weighted by Gasteiger charge is -2.17. The molecule has 0 aromatic heterocycles. The average Bonchev–Trinajstić information content (AvgIpc) is 2.62. The average molecular weight is 396 g/mol. The van der Waals surface area contributed by atoms with Crippen molar-refractivity contribution in [2.75, 3.05) is 13.7 Å². The van der Waals surface area contributed by atoms with E-state index in [2.05, 4.69) is 5.32 Å². The van der Waals surface area contributed by atoms with Crippen LogP contribution in [0.2, 0.25) is 10.0 Å². The van der Waals surface area contributed by atoms with E-state index in [-0.39, 0.29) is 19.1 Å². The number of methoxy groups -OCH3 is 1. The largest absolute Gasteiger partial charge is 0.496 e. The first-order chi connectivity index (χ1) is 12.4. The first kappa shape index (κ1) is 20.1. The molecule has 1 atom stereocenters. The summed E-state index contributed by atoms with van der Waals surface area (Å²) >= 11 is 11.8. The van der Waals surface area contributed by atoms with Crippen LogP contribution < -0.4 is 10.1 Å². The van der Waals surface area contributed by atoms with Gasteiger partial charge in [-0.05, 0) is 30.7 Å². The second-order valence-electron chi connectivity index (χ2n) is 5.60. The van der Waals surface area contributed by atoms with Crippen LogP contribution in [-0.2, 0) is 20.7 Å². The molecule has 1 amide bonds. The van der Waals surface area contributed by atoms with Gasteiger partial charge in [-0.2, -0.15) is 0 Å². The third kappa shape index (κ3) is 5.64. The van der Waals surface area contributed by atoms with Crippen LogP contribution in [0, 0.1) is 0 Å². The summed E-state index contributed by atoms with van der Waals surface area (Å²) in [5, 5.41) is 3.63. The summed E-state index contributed by atoms with van der Waals surface area (Å²) in [6.07, 6.45) is -0.0364. The Morgan fingerprint density at radius 2 is 1.88 bits per heavy atom. The predicted octanol–water partition coefficient (Wildman–Crippen LogP) is 3.97. The molecular formula is C19H19Cl2NO4. The Hall–Kier alpha value is -2.24. The Bertz CT molecular complexity index is 795. The molecule has 0 fully saturated rings. The van der Waals surface area contributed by atoms with Crippen molar-refractivity contribution >= 4 is 35.1 Å². The highest BCUT2D eigenvalue weighted by molar-refractivity contribution is 6.35. The van der Waals surface area contributed by atoms with E-state index in [0.717, 1.165) is 5.56 Å². The van der Waals surface area contributed by atoms with Gasteiger partial charge in [0.05, 0.1) is 19.6 Å². The minimum Gasteiger partial charge on any atom is -0.496 e. The molecule has 0 heterocycles. The highest BCUT2D eigenvalue weighted by atomic mass is 35.5. The number of esters is 1. The molecule has 0 radical (unpaired) electrons. The monoisotopic (exact) mass is 395 g/mol. The van der Waals surface area contributed by atoms with E-state index in [9.17, 15) is 9.59 Å². The van der Waals surface area contributed by atoms with E-state index in [1.807, 2.05) is 31.2 Å². The molecule has 1 unspecified atom stereocenters. The van der Waals surface area contributed by atoms with Crippen LogP contribution in [0.4, 0.5) is 0 Å². The van der Waals surface area contributed by atoms with Gasteiger partial charge in [0.1, 0.15) is 5.75 Å². The van der Waals surface area contributed by atoms with Gasteiger partial charge in [-0.3, -0.25) is 9.59 Å². The highest BCUT2D eigenvalue weighted by Gasteiger charge is 2.15. The van der Waals surface area contributed by atoms with E-state index >= 15 is 0 Å². The van der Waals surface area contributed by atoms with Crippen molar-refractivity contribution < 1.29 is 19.1 Å². The molecule has 0 saturated carbocycles. The normalized spacial score (nSPS) is 11.5. The lowest BCUT2D eigenvalue weighted by molar-refractivity contribution is -0.148. The quantitative estimate of drug-likeness (QED) is 0.720. The molecule has 0 aliphatic heterocycles. The van der Waals surface area contributed by atoms with Crippen molar-refractivity contribution in [3.05, 3.63) is 63.6 Å². The summed E-state index contributed by atoms with van der Waals surface area (Å²) in [6.45, 7) is 1.45. The maximum Gasteiger partial charge on any atom is 0.310 e. The molecule has 7 heteroatoms. The first-order valence-corrected chi connectivity index (χ1v) is 8.68. The SMILES string of the molecule is COc1ccccc1C(C)NC(=O)COC(=O)Cc1ccc(Cl)cc1Cl. The van der Waals surface area contributed by atoms with Crippen LogP contribution in [-0.4, -0.2) is 25.6 Å². The molecular weight excluding hydrogens is 377 g/mol. The second-order valence-corrected chi connectivity index (χ2v) is 6.45. The third-order valence-corrected chi connectivity index (χ3v) is 4.28. The number of ether oxygens (including phenoxy) is 2. The van der Waals surface area contributed by atoms with E-state index in [1.165, 1.54) is 0 Å². The van der Waals surface area contributed by atoms with Gasteiger partial charge in [0.25, 0.3) is 5.91 Å². The lowest BCUT2D eigenvalue weighted by Crippen LogP contribution is -2.31. The minimum absolute atomic E-state index is 0.0364. The van der Waals surface area contributed by atoms with Crippen LogP contribution in [0.1, 0.15) is 24.1 Å². The summed E-state index contributed by atoms with van der Waals surface area (Å²) < 4.78 is 10.3. The van der Waals surface area contributed by atoms with Crippen LogP contribution in [0.3, 0.4) is 0 Å². The van der Waals surface area contributed by atoms with Crippen LogP contribution in [0.25, 0.3) is 0 Å². The number of amides is 1. The lowest BCUT2D eigenvalue weighted by atomic mass is 10.1.